The van der Waals surface area contributed by atoms with Crippen LogP contribution in [0.2, 0.25) is 0 Å². The molecule has 2 fully saturated rings. The van der Waals surface area contributed by atoms with Crippen LogP contribution >= 0.6 is 0 Å². The Kier molecular flexibility index (Phi) is 4.39. The molecule has 120 valence electrons. The summed E-state index contributed by atoms with van der Waals surface area (Å²) in [5.74, 6) is 0.773. The Bertz CT molecular complexity index is 516. The standard InChI is InChI=1S/C14H20N4O4/c1-20-12-3-2-11(17-18-12)16-13(19)15-10-4-7-22-14(10)5-8-21-9-6-14/h2-3,10H,4-9H2,1H3,(H2,15,16,17,19). The highest BCUT2D eigenvalue weighted by Gasteiger charge is 2.46. The molecule has 3 heterocycles. The van der Waals surface area contributed by atoms with Crippen LogP contribution in [-0.2, 0) is 9.47 Å². The number of hydrogen-bond acceptors (Lipinski definition) is 6. The Morgan fingerprint density at radius 1 is 1.32 bits per heavy atom. The maximum Gasteiger partial charge on any atom is 0.320 e. The third kappa shape index (κ3) is 3.12. The van der Waals surface area contributed by atoms with Gasteiger partial charge in [0.1, 0.15) is 0 Å². The number of nitrogens with zero attached hydrogens (tertiary/aromatic N) is 2. The molecule has 1 unspecified atom stereocenters. The topological polar surface area (TPSA) is 94.6 Å². The minimum atomic E-state index is -0.305. The van der Waals surface area contributed by atoms with Crippen molar-refractivity contribution in [2.45, 2.75) is 30.9 Å². The van der Waals surface area contributed by atoms with Gasteiger partial charge in [-0.25, -0.2) is 4.79 Å². The maximum atomic E-state index is 12.1. The molecule has 22 heavy (non-hydrogen) atoms. The molecular formula is C14H20N4O4. The summed E-state index contributed by atoms with van der Waals surface area (Å²) in [6.07, 6.45) is 2.42. The van der Waals surface area contributed by atoms with E-state index in [2.05, 4.69) is 20.8 Å². The zero-order chi connectivity index (χ0) is 15.4. The van der Waals surface area contributed by atoms with Crippen molar-refractivity contribution in [3.05, 3.63) is 12.1 Å². The quantitative estimate of drug-likeness (QED) is 0.863. The molecule has 2 aliphatic rings. The minimum Gasteiger partial charge on any atom is -0.480 e. The lowest BCUT2D eigenvalue weighted by atomic mass is 9.86. The second-order valence-corrected chi connectivity index (χ2v) is 5.43. The number of urea groups is 1. The van der Waals surface area contributed by atoms with Crippen LogP contribution in [0.3, 0.4) is 0 Å². The van der Waals surface area contributed by atoms with Crippen LogP contribution in [0.5, 0.6) is 5.88 Å². The fraction of sp³-hybridized carbons (Fsp3) is 0.643. The van der Waals surface area contributed by atoms with E-state index in [1.807, 2.05) is 0 Å². The van der Waals surface area contributed by atoms with E-state index in [-0.39, 0.29) is 17.7 Å². The number of methoxy groups -OCH3 is 1. The van der Waals surface area contributed by atoms with Gasteiger partial charge in [-0.3, -0.25) is 5.32 Å². The number of anilines is 1. The number of nitrogens with one attached hydrogen (secondary N) is 2. The molecule has 1 spiro atoms. The fourth-order valence-corrected chi connectivity index (χ4v) is 2.96. The monoisotopic (exact) mass is 308 g/mol. The average molecular weight is 308 g/mol. The molecule has 2 saturated heterocycles. The van der Waals surface area contributed by atoms with E-state index >= 15 is 0 Å². The van der Waals surface area contributed by atoms with Gasteiger partial charge in [0.15, 0.2) is 5.82 Å². The van der Waals surface area contributed by atoms with Crippen LogP contribution in [0, 0.1) is 0 Å². The van der Waals surface area contributed by atoms with Crippen LogP contribution in [-0.4, -0.2) is 54.8 Å². The van der Waals surface area contributed by atoms with Gasteiger partial charge in [0.2, 0.25) is 5.88 Å². The summed E-state index contributed by atoms with van der Waals surface area (Å²) < 4.78 is 16.2. The van der Waals surface area contributed by atoms with Crippen molar-refractivity contribution in [2.75, 3.05) is 32.2 Å². The van der Waals surface area contributed by atoms with Gasteiger partial charge in [-0.05, 0) is 12.5 Å². The van der Waals surface area contributed by atoms with Gasteiger partial charge in [-0.15, -0.1) is 10.2 Å². The van der Waals surface area contributed by atoms with Crippen molar-refractivity contribution in [3.63, 3.8) is 0 Å². The molecule has 2 amide bonds. The molecule has 0 aromatic carbocycles. The Balaban J connectivity index is 1.58. The molecule has 0 saturated carbocycles. The molecule has 1 aromatic heterocycles. The lowest BCUT2D eigenvalue weighted by molar-refractivity contribution is -0.0867. The summed E-state index contributed by atoms with van der Waals surface area (Å²) in [5, 5.41) is 13.3. The first-order chi connectivity index (χ1) is 10.7. The van der Waals surface area contributed by atoms with Crippen LogP contribution in [0.4, 0.5) is 10.6 Å². The highest BCUT2D eigenvalue weighted by atomic mass is 16.5. The largest absolute Gasteiger partial charge is 0.480 e. The van der Waals surface area contributed by atoms with Gasteiger partial charge in [0, 0.05) is 38.7 Å². The zero-order valence-electron chi connectivity index (χ0n) is 12.5. The second-order valence-electron chi connectivity index (χ2n) is 5.43. The molecule has 0 aliphatic carbocycles. The summed E-state index contributed by atoms with van der Waals surface area (Å²) in [4.78, 5) is 12.1. The molecule has 2 aliphatic heterocycles. The van der Waals surface area contributed by atoms with Gasteiger partial charge in [-0.2, -0.15) is 0 Å². The van der Waals surface area contributed by atoms with Crippen molar-refractivity contribution < 1.29 is 19.0 Å². The van der Waals surface area contributed by atoms with E-state index in [0.29, 0.717) is 31.5 Å². The van der Waals surface area contributed by atoms with E-state index in [9.17, 15) is 4.79 Å². The number of carbonyl (C=O) groups excluding carboxylic acids is 1. The summed E-state index contributed by atoms with van der Waals surface area (Å²) in [6.45, 7) is 2.00. The van der Waals surface area contributed by atoms with Crippen molar-refractivity contribution in [1.29, 1.82) is 0 Å². The van der Waals surface area contributed by atoms with Gasteiger partial charge < -0.3 is 19.5 Å². The molecule has 8 nitrogen and oxygen atoms in total. The van der Waals surface area contributed by atoms with Crippen molar-refractivity contribution in [1.82, 2.24) is 15.5 Å². The first kappa shape index (κ1) is 15.0. The van der Waals surface area contributed by atoms with Gasteiger partial charge in [0.05, 0.1) is 18.8 Å². The number of rotatable bonds is 3. The predicted octanol–water partition coefficient (Wildman–Crippen LogP) is 0.945. The van der Waals surface area contributed by atoms with Gasteiger partial charge >= 0.3 is 6.03 Å². The normalized spacial score (nSPS) is 23.2. The van der Waals surface area contributed by atoms with Gasteiger partial charge in [-0.1, -0.05) is 0 Å². The first-order valence-corrected chi connectivity index (χ1v) is 7.39. The molecule has 1 aromatic rings. The van der Waals surface area contributed by atoms with Crippen molar-refractivity contribution in [2.24, 2.45) is 0 Å². The zero-order valence-corrected chi connectivity index (χ0v) is 12.5. The third-order valence-corrected chi connectivity index (χ3v) is 4.17. The van der Waals surface area contributed by atoms with E-state index < -0.39 is 0 Å². The Morgan fingerprint density at radius 2 is 2.14 bits per heavy atom. The SMILES string of the molecule is COc1ccc(NC(=O)NC2CCOC23CCOCC3)nn1. The molecular weight excluding hydrogens is 288 g/mol. The first-order valence-electron chi connectivity index (χ1n) is 7.39. The second kappa shape index (κ2) is 6.45. The summed E-state index contributed by atoms with van der Waals surface area (Å²) in [5.41, 5.74) is -0.290. The van der Waals surface area contributed by atoms with E-state index in [1.165, 1.54) is 7.11 Å². The minimum absolute atomic E-state index is 0.0115. The smallest absolute Gasteiger partial charge is 0.320 e. The number of aromatic nitrogens is 2. The Morgan fingerprint density at radius 3 is 2.82 bits per heavy atom. The number of hydrogen-bond donors (Lipinski definition) is 2. The predicted molar refractivity (Wildman–Crippen MR) is 77.9 cm³/mol. The van der Waals surface area contributed by atoms with Crippen molar-refractivity contribution in [3.8, 4) is 5.88 Å². The lowest BCUT2D eigenvalue weighted by Gasteiger charge is -2.37. The Labute approximate surface area is 128 Å². The van der Waals surface area contributed by atoms with Crippen molar-refractivity contribution >= 4 is 11.8 Å². The maximum absolute atomic E-state index is 12.1. The highest BCUT2D eigenvalue weighted by molar-refractivity contribution is 5.88. The molecule has 0 bridgehead atoms. The number of ether oxygens (including phenoxy) is 3. The third-order valence-electron chi connectivity index (χ3n) is 4.17. The fourth-order valence-electron chi connectivity index (χ4n) is 2.96. The van der Waals surface area contributed by atoms with Crippen LogP contribution in [0.1, 0.15) is 19.3 Å². The summed E-state index contributed by atoms with van der Waals surface area (Å²) in [7, 11) is 1.51. The van der Waals surface area contributed by atoms with E-state index in [0.717, 1.165) is 19.3 Å². The number of amides is 2. The molecule has 2 N–H and O–H groups in total. The Hall–Kier alpha value is -1.93. The van der Waals surface area contributed by atoms with Crippen LogP contribution in [0.25, 0.3) is 0 Å². The van der Waals surface area contributed by atoms with Crippen LogP contribution < -0.4 is 15.4 Å². The lowest BCUT2D eigenvalue weighted by Crippen LogP contribution is -2.53. The van der Waals surface area contributed by atoms with E-state index in [1.54, 1.807) is 12.1 Å². The molecule has 8 heteroatoms. The van der Waals surface area contributed by atoms with Crippen LogP contribution in [0.15, 0.2) is 12.1 Å². The van der Waals surface area contributed by atoms with E-state index in [4.69, 9.17) is 14.2 Å². The summed E-state index contributed by atoms with van der Waals surface area (Å²) >= 11 is 0. The molecule has 3 rings (SSSR count). The molecule has 0 radical (unpaired) electrons. The van der Waals surface area contributed by atoms with Gasteiger partial charge in [0.25, 0.3) is 0 Å². The average Bonchev–Trinajstić information content (AvgIpc) is 2.90. The molecule has 1 atom stereocenters. The number of carbonyl (C=O) groups is 1. The highest BCUT2D eigenvalue weighted by Crippen LogP contribution is 2.35. The summed E-state index contributed by atoms with van der Waals surface area (Å²) in [6, 6.07) is 2.96.